The molecule has 1 atom stereocenters. The zero-order valence-electron chi connectivity index (χ0n) is 41.5. The summed E-state index contributed by atoms with van der Waals surface area (Å²) in [6.45, 7) is 6.41. The van der Waals surface area contributed by atoms with Crippen LogP contribution in [0.5, 0.6) is 0 Å². The molecule has 0 rings (SSSR count). The lowest BCUT2D eigenvalue weighted by Gasteiger charge is -2.18. The number of hydrogen-bond donors (Lipinski definition) is 0. The van der Waals surface area contributed by atoms with E-state index in [2.05, 4.69) is 118 Å². The molecule has 0 aliphatic rings. The highest BCUT2D eigenvalue weighted by atomic mass is 16.6. The largest absolute Gasteiger partial charge is 0.462 e. The fourth-order valence-electron chi connectivity index (χ4n) is 6.84. The second-order valence-electron chi connectivity index (χ2n) is 17.0. The molecule has 0 N–H and O–H groups in total. The number of allylic oxidation sites excluding steroid dienone is 16. The van der Waals surface area contributed by atoms with Gasteiger partial charge in [0, 0.05) is 19.3 Å². The van der Waals surface area contributed by atoms with Gasteiger partial charge in [-0.15, -0.1) is 0 Å². The highest BCUT2D eigenvalue weighted by Gasteiger charge is 2.19. The van der Waals surface area contributed by atoms with E-state index < -0.39 is 6.10 Å². The van der Waals surface area contributed by atoms with Gasteiger partial charge in [-0.1, -0.05) is 189 Å². The zero-order valence-corrected chi connectivity index (χ0v) is 41.5. The maximum absolute atomic E-state index is 12.8. The summed E-state index contributed by atoms with van der Waals surface area (Å²) in [7, 11) is 0. The lowest BCUT2D eigenvalue weighted by atomic mass is 10.1. The molecule has 364 valence electrons. The Morgan fingerprint density at radius 3 is 1.03 bits per heavy atom. The summed E-state index contributed by atoms with van der Waals surface area (Å²) in [4.78, 5) is 38.0. The van der Waals surface area contributed by atoms with Crippen molar-refractivity contribution >= 4 is 17.9 Å². The molecule has 0 unspecified atom stereocenters. The minimum absolute atomic E-state index is 0.112. The quantitative estimate of drug-likeness (QED) is 0.0262. The molecule has 0 amide bonds. The van der Waals surface area contributed by atoms with Gasteiger partial charge in [-0.25, -0.2) is 0 Å². The Kier molecular flexibility index (Phi) is 49.0. The van der Waals surface area contributed by atoms with Crippen LogP contribution in [0.2, 0.25) is 0 Å². The molecule has 0 aliphatic carbocycles. The Morgan fingerprint density at radius 1 is 0.328 bits per heavy atom. The van der Waals surface area contributed by atoms with Crippen molar-refractivity contribution in [3.05, 3.63) is 97.2 Å². The van der Waals surface area contributed by atoms with Gasteiger partial charge in [0.15, 0.2) is 6.10 Å². The summed E-state index contributed by atoms with van der Waals surface area (Å²) in [5.74, 6) is -1.00. The highest BCUT2D eigenvalue weighted by Crippen LogP contribution is 2.13. The second kappa shape index (κ2) is 52.0. The van der Waals surface area contributed by atoms with Gasteiger partial charge < -0.3 is 14.2 Å². The summed E-state index contributed by atoms with van der Waals surface area (Å²) >= 11 is 0. The van der Waals surface area contributed by atoms with Crippen molar-refractivity contribution in [3.63, 3.8) is 0 Å². The summed E-state index contributed by atoms with van der Waals surface area (Å²) in [6.07, 6.45) is 68.2. The fourth-order valence-corrected chi connectivity index (χ4v) is 6.84. The molecule has 0 saturated carbocycles. The maximum atomic E-state index is 12.8. The molecule has 0 aromatic rings. The van der Waals surface area contributed by atoms with Crippen molar-refractivity contribution < 1.29 is 28.6 Å². The molecule has 6 nitrogen and oxygen atoms in total. The third kappa shape index (κ3) is 49.3. The van der Waals surface area contributed by atoms with Crippen LogP contribution in [0.25, 0.3) is 0 Å². The Labute approximate surface area is 394 Å². The number of rotatable bonds is 46. The van der Waals surface area contributed by atoms with Crippen LogP contribution in [0.3, 0.4) is 0 Å². The molecule has 0 radical (unpaired) electrons. The Morgan fingerprint density at radius 2 is 0.609 bits per heavy atom. The lowest BCUT2D eigenvalue weighted by Crippen LogP contribution is -2.30. The Balaban J connectivity index is 4.53. The molecule has 0 bridgehead atoms. The number of ether oxygens (including phenoxy) is 3. The monoisotopic (exact) mass is 889 g/mol. The van der Waals surface area contributed by atoms with E-state index in [-0.39, 0.29) is 37.5 Å². The van der Waals surface area contributed by atoms with Crippen LogP contribution in [-0.2, 0) is 28.6 Å². The highest BCUT2D eigenvalue weighted by molar-refractivity contribution is 5.71. The van der Waals surface area contributed by atoms with Crippen LogP contribution in [0.1, 0.15) is 233 Å². The van der Waals surface area contributed by atoms with E-state index in [1.54, 1.807) is 0 Å². The molecular formula is C58H96O6. The molecule has 0 aliphatic heterocycles. The van der Waals surface area contributed by atoms with Crippen molar-refractivity contribution in [2.24, 2.45) is 0 Å². The van der Waals surface area contributed by atoms with Crippen LogP contribution >= 0.6 is 0 Å². The van der Waals surface area contributed by atoms with Crippen LogP contribution in [-0.4, -0.2) is 37.2 Å². The molecule has 0 saturated heterocycles. The van der Waals surface area contributed by atoms with Gasteiger partial charge in [-0.3, -0.25) is 14.4 Å². The molecule has 64 heavy (non-hydrogen) atoms. The topological polar surface area (TPSA) is 78.9 Å². The first-order valence-corrected chi connectivity index (χ1v) is 26.2. The molecule has 6 heteroatoms. The smallest absolute Gasteiger partial charge is 0.306 e. The first kappa shape index (κ1) is 60.3. The molecular weight excluding hydrogens is 793 g/mol. The van der Waals surface area contributed by atoms with Gasteiger partial charge in [0.25, 0.3) is 0 Å². The fraction of sp³-hybridized carbons (Fsp3) is 0.672. The number of hydrogen-bond acceptors (Lipinski definition) is 6. The standard InChI is InChI=1S/C58H96O6/c1-4-7-10-13-16-19-22-25-28-31-33-36-39-42-45-48-51-57(60)63-54-55(64-58(61)52-49-46-43-40-37-34-30-27-24-21-18-15-12-9-6-3)53-62-56(59)50-47-44-41-38-35-32-29-26-23-20-17-14-11-8-5-2/h9,12,17-18,20-21,26-31,35,37-38,40,55H,4-8,10-11,13-16,19,22-25,32-34,36,39,41-54H2,1-3H3/b12-9-,20-17-,21-18-,29-26-,30-27-,31-28-,38-35-,40-37-/t55-/m1/s1. The minimum atomic E-state index is -0.818. The Hall–Kier alpha value is -3.67. The third-order valence-corrected chi connectivity index (χ3v) is 10.8. The number of esters is 3. The van der Waals surface area contributed by atoms with E-state index in [0.717, 1.165) is 103 Å². The van der Waals surface area contributed by atoms with E-state index in [1.165, 1.54) is 83.5 Å². The van der Waals surface area contributed by atoms with E-state index >= 15 is 0 Å². The maximum Gasteiger partial charge on any atom is 0.306 e. The lowest BCUT2D eigenvalue weighted by molar-refractivity contribution is -0.167. The van der Waals surface area contributed by atoms with Gasteiger partial charge in [-0.05, 0) is 122 Å². The zero-order chi connectivity index (χ0) is 46.5. The van der Waals surface area contributed by atoms with Crippen LogP contribution in [0.15, 0.2) is 97.2 Å². The second-order valence-corrected chi connectivity index (χ2v) is 17.0. The van der Waals surface area contributed by atoms with Crippen molar-refractivity contribution in [2.45, 2.75) is 239 Å². The van der Waals surface area contributed by atoms with Crippen LogP contribution in [0, 0.1) is 0 Å². The molecule has 0 aromatic heterocycles. The normalized spacial score (nSPS) is 12.9. The van der Waals surface area contributed by atoms with E-state index in [1.807, 2.05) is 0 Å². The van der Waals surface area contributed by atoms with Gasteiger partial charge in [0.05, 0.1) is 0 Å². The SMILES string of the molecule is CC/C=C\C/C=C\C/C=C\C/C=C\CCCCC(=O)O[C@H](COC(=O)CCCC/C=C\C/C=C\C/C=C\CCCCC)COC(=O)CCCCCCC/C=C\CCCCCCCCC. The summed E-state index contributed by atoms with van der Waals surface area (Å²) < 4.78 is 16.7. The minimum Gasteiger partial charge on any atom is -0.462 e. The van der Waals surface area contributed by atoms with E-state index in [9.17, 15) is 14.4 Å². The van der Waals surface area contributed by atoms with Crippen LogP contribution < -0.4 is 0 Å². The van der Waals surface area contributed by atoms with Crippen molar-refractivity contribution in [3.8, 4) is 0 Å². The predicted molar refractivity (Wildman–Crippen MR) is 274 cm³/mol. The first-order valence-electron chi connectivity index (χ1n) is 26.2. The summed E-state index contributed by atoms with van der Waals surface area (Å²) in [6, 6.07) is 0. The van der Waals surface area contributed by atoms with Crippen LogP contribution in [0.4, 0.5) is 0 Å². The van der Waals surface area contributed by atoms with Gasteiger partial charge in [0.2, 0.25) is 0 Å². The van der Waals surface area contributed by atoms with Gasteiger partial charge >= 0.3 is 17.9 Å². The molecule has 0 fully saturated rings. The van der Waals surface area contributed by atoms with Gasteiger partial charge in [0.1, 0.15) is 13.2 Å². The molecule has 0 spiro atoms. The number of carbonyl (C=O) groups is 3. The van der Waals surface area contributed by atoms with Crippen molar-refractivity contribution in [1.82, 2.24) is 0 Å². The van der Waals surface area contributed by atoms with Crippen molar-refractivity contribution in [1.29, 1.82) is 0 Å². The summed E-state index contributed by atoms with van der Waals surface area (Å²) in [5, 5.41) is 0. The van der Waals surface area contributed by atoms with E-state index in [4.69, 9.17) is 14.2 Å². The third-order valence-electron chi connectivity index (χ3n) is 10.8. The van der Waals surface area contributed by atoms with Gasteiger partial charge in [-0.2, -0.15) is 0 Å². The first-order chi connectivity index (χ1) is 31.5. The average Bonchev–Trinajstić information content (AvgIpc) is 3.29. The molecule has 0 aromatic carbocycles. The number of unbranched alkanes of at least 4 members (excludes halogenated alkanes) is 19. The van der Waals surface area contributed by atoms with E-state index in [0.29, 0.717) is 19.3 Å². The average molecular weight is 889 g/mol. The Bertz CT molecular complexity index is 1300. The van der Waals surface area contributed by atoms with Crippen molar-refractivity contribution in [2.75, 3.05) is 13.2 Å². The number of carbonyl (C=O) groups excluding carboxylic acids is 3. The molecule has 0 heterocycles. The predicted octanol–water partition coefficient (Wildman–Crippen LogP) is 17.4. The summed E-state index contributed by atoms with van der Waals surface area (Å²) in [5.41, 5.74) is 0.